The number of pyridine rings is 1. The monoisotopic (exact) mass is 464 g/mol. The summed E-state index contributed by atoms with van der Waals surface area (Å²) in [6, 6.07) is 24.6. The van der Waals surface area contributed by atoms with E-state index >= 15 is 0 Å². The van der Waals surface area contributed by atoms with Crippen molar-refractivity contribution in [3.8, 4) is 28.1 Å². The zero-order valence-corrected chi connectivity index (χ0v) is 19.2. The van der Waals surface area contributed by atoms with Crippen molar-refractivity contribution in [1.82, 2.24) is 10.3 Å². The second-order valence-electron chi connectivity index (χ2n) is 8.27. The molecule has 1 aromatic heterocycles. The van der Waals surface area contributed by atoms with E-state index in [1.54, 1.807) is 19.2 Å². The molecular formula is C28H24N4O3. The topological polar surface area (TPSA) is 106 Å². The SMILES string of the molecule is COc1cccc(Nc2cc(-c3cccc(-c4cccc(C(N)=O)c4)c3)nc3c2C(=O)NCC3)c1. The van der Waals surface area contributed by atoms with Gasteiger partial charge in [-0.1, -0.05) is 36.4 Å². The number of nitrogens with zero attached hydrogens (tertiary/aromatic N) is 1. The summed E-state index contributed by atoms with van der Waals surface area (Å²) in [7, 11) is 1.62. The molecule has 7 heteroatoms. The number of nitrogens with one attached hydrogen (secondary N) is 2. The Labute approximate surface area is 203 Å². The molecule has 4 N–H and O–H groups in total. The van der Waals surface area contributed by atoms with E-state index in [-0.39, 0.29) is 5.91 Å². The molecule has 0 spiro atoms. The van der Waals surface area contributed by atoms with E-state index in [0.29, 0.717) is 35.5 Å². The highest BCUT2D eigenvalue weighted by Crippen LogP contribution is 2.33. The fourth-order valence-electron chi connectivity index (χ4n) is 4.23. The van der Waals surface area contributed by atoms with Crippen LogP contribution in [-0.2, 0) is 6.42 Å². The summed E-state index contributed by atoms with van der Waals surface area (Å²) in [4.78, 5) is 29.2. The third kappa shape index (κ3) is 4.56. The van der Waals surface area contributed by atoms with Crippen LogP contribution in [0.15, 0.2) is 78.9 Å². The molecule has 35 heavy (non-hydrogen) atoms. The molecule has 3 aromatic carbocycles. The molecule has 2 amide bonds. The Morgan fingerprint density at radius 1 is 0.971 bits per heavy atom. The predicted octanol–water partition coefficient (Wildman–Crippen LogP) is 4.55. The molecule has 0 saturated heterocycles. The fourth-order valence-corrected chi connectivity index (χ4v) is 4.23. The number of nitrogens with two attached hydrogens (primary N) is 1. The zero-order chi connectivity index (χ0) is 24.4. The standard InChI is InChI=1S/C28H24N4O3/c1-35-22-10-4-9-21(15-22)31-25-16-24(32-23-11-12-30-28(34)26(23)25)19-7-2-5-17(13-19)18-6-3-8-20(14-18)27(29)33/h2-10,13-16H,11-12H2,1H3,(H2,29,33)(H,30,34)(H,31,32). The van der Waals surface area contributed by atoms with Crippen LogP contribution in [0.4, 0.5) is 11.4 Å². The molecule has 0 aliphatic carbocycles. The second kappa shape index (κ2) is 9.30. The summed E-state index contributed by atoms with van der Waals surface area (Å²) < 4.78 is 5.34. The Kier molecular flexibility index (Phi) is 5.89. The maximum Gasteiger partial charge on any atom is 0.255 e. The number of anilines is 2. The smallest absolute Gasteiger partial charge is 0.255 e. The highest BCUT2D eigenvalue weighted by atomic mass is 16.5. The summed E-state index contributed by atoms with van der Waals surface area (Å²) in [5.74, 6) is 0.104. The van der Waals surface area contributed by atoms with Gasteiger partial charge in [0.15, 0.2) is 0 Å². The van der Waals surface area contributed by atoms with E-state index in [1.807, 2.05) is 66.7 Å². The highest BCUT2D eigenvalue weighted by molar-refractivity contribution is 6.03. The van der Waals surface area contributed by atoms with E-state index in [2.05, 4.69) is 10.6 Å². The number of amides is 2. The highest BCUT2D eigenvalue weighted by Gasteiger charge is 2.24. The molecule has 0 atom stereocenters. The van der Waals surface area contributed by atoms with Crippen LogP contribution < -0.4 is 21.1 Å². The minimum atomic E-state index is -0.467. The summed E-state index contributed by atoms with van der Waals surface area (Å²) >= 11 is 0. The fraction of sp³-hybridized carbons (Fsp3) is 0.107. The van der Waals surface area contributed by atoms with Gasteiger partial charge in [0.2, 0.25) is 5.91 Å². The van der Waals surface area contributed by atoms with Gasteiger partial charge in [-0.25, -0.2) is 0 Å². The molecule has 174 valence electrons. The van der Waals surface area contributed by atoms with Gasteiger partial charge in [0.05, 0.1) is 29.7 Å². The van der Waals surface area contributed by atoms with Crippen molar-refractivity contribution in [2.75, 3.05) is 19.0 Å². The number of fused-ring (bicyclic) bond motifs is 1. The normalized spacial score (nSPS) is 12.4. The third-order valence-corrected chi connectivity index (χ3v) is 5.96. The van der Waals surface area contributed by atoms with Crippen LogP contribution in [0.25, 0.3) is 22.4 Å². The molecule has 1 aliphatic heterocycles. The average molecular weight is 465 g/mol. The summed E-state index contributed by atoms with van der Waals surface area (Å²) in [5.41, 5.74) is 12.2. The van der Waals surface area contributed by atoms with Gasteiger partial charge < -0.3 is 21.1 Å². The van der Waals surface area contributed by atoms with E-state index in [1.165, 1.54) is 0 Å². The van der Waals surface area contributed by atoms with Crippen LogP contribution in [0, 0.1) is 0 Å². The molecular weight excluding hydrogens is 440 g/mol. The molecule has 1 aliphatic rings. The van der Waals surface area contributed by atoms with Crippen LogP contribution in [0.1, 0.15) is 26.4 Å². The van der Waals surface area contributed by atoms with Crippen LogP contribution in [0.3, 0.4) is 0 Å². The first-order valence-corrected chi connectivity index (χ1v) is 11.3. The lowest BCUT2D eigenvalue weighted by atomic mass is 9.97. The van der Waals surface area contributed by atoms with Crippen molar-refractivity contribution in [3.63, 3.8) is 0 Å². The van der Waals surface area contributed by atoms with Gasteiger partial charge >= 0.3 is 0 Å². The van der Waals surface area contributed by atoms with Gasteiger partial charge in [0.1, 0.15) is 5.75 Å². The number of rotatable bonds is 6. The minimum absolute atomic E-state index is 0.146. The molecule has 0 unspecified atom stereocenters. The van der Waals surface area contributed by atoms with Gasteiger partial charge in [-0.15, -0.1) is 0 Å². The van der Waals surface area contributed by atoms with E-state index in [9.17, 15) is 9.59 Å². The Morgan fingerprint density at radius 3 is 2.51 bits per heavy atom. The van der Waals surface area contributed by atoms with Gasteiger partial charge in [-0.2, -0.15) is 0 Å². The zero-order valence-electron chi connectivity index (χ0n) is 19.2. The quantitative estimate of drug-likeness (QED) is 0.388. The van der Waals surface area contributed by atoms with Crippen LogP contribution in [-0.4, -0.2) is 30.5 Å². The number of benzene rings is 3. The summed E-state index contributed by atoms with van der Waals surface area (Å²) in [6.45, 7) is 0.542. The van der Waals surface area contributed by atoms with Crippen molar-refractivity contribution >= 4 is 23.2 Å². The molecule has 0 fully saturated rings. The van der Waals surface area contributed by atoms with E-state index in [0.717, 1.165) is 33.8 Å². The number of hydrogen-bond acceptors (Lipinski definition) is 5. The molecule has 4 aromatic rings. The number of hydrogen-bond donors (Lipinski definition) is 3. The first-order chi connectivity index (χ1) is 17.0. The number of carbonyl (C=O) groups is 2. The van der Waals surface area contributed by atoms with Gasteiger partial charge in [-0.05, 0) is 47.5 Å². The van der Waals surface area contributed by atoms with Crippen LogP contribution >= 0.6 is 0 Å². The number of ether oxygens (including phenoxy) is 1. The Balaban J connectivity index is 1.58. The van der Waals surface area contributed by atoms with Crippen LogP contribution in [0.2, 0.25) is 0 Å². The lowest BCUT2D eigenvalue weighted by molar-refractivity contribution is 0.0944. The lowest BCUT2D eigenvalue weighted by Gasteiger charge is -2.21. The Bertz CT molecular complexity index is 1450. The van der Waals surface area contributed by atoms with E-state index < -0.39 is 5.91 Å². The summed E-state index contributed by atoms with van der Waals surface area (Å²) in [5, 5.41) is 6.29. The van der Waals surface area contributed by atoms with Gasteiger partial charge in [0, 0.05) is 35.8 Å². The molecule has 7 nitrogen and oxygen atoms in total. The third-order valence-electron chi connectivity index (χ3n) is 5.96. The molecule has 0 bridgehead atoms. The van der Waals surface area contributed by atoms with Crippen molar-refractivity contribution in [3.05, 3.63) is 95.7 Å². The molecule has 0 radical (unpaired) electrons. The molecule has 2 heterocycles. The first kappa shape index (κ1) is 22.2. The number of carbonyl (C=O) groups excluding carboxylic acids is 2. The van der Waals surface area contributed by atoms with Crippen molar-refractivity contribution < 1.29 is 14.3 Å². The van der Waals surface area contributed by atoms with Crippen LogP contribution in [0.5, 0.6) is 5.75 Å². The van der Waals surface area contributed by atoms with E-state index in [4.69, 9.17) is 15.5 Å². The van der Waals surface area contributed by atoms with Gasteiger partial charge in [-0.3, -0.25) is 14.6 Å². The molecule has 0 saturated carbocycles. The lowest BCUT2D eigenvalue weighted by Crippen LogP contribution is -2.33. The summed E-state index contributed by atoms with van der Waals surface area (Å²) in [6.07, 6.45) is 0.641. The number of methoxy groups -OCH3 is 1. The van der Waals surface area contributed by atoms with Crippen molar-refractivity contribution in [1.29, 1.82) is 0 Å². The Morgan fingerprint density at radius 2 is 1.71 bits per heavy atom. The maximum absolute atomic E-state index is 12.7. The second-order valence-corrected chi connectivity index (χ2v) is 8.27. The predicted molar refractivity (Wildman–Crippen MR) is 136 cm³/mol. The number of aromatic nitrogens is 1. The molecule has 5 rings (SSSR count). The Hall–Kier alpha value is -4.65. The maximum atomic E-state index is 12.7. The minimum Gasteiger partial charge on any atom is -0.497 e. The average Bonchev–Trinajstić information content (AvgIpc) is 2.89. The van der Waals surface area contributed by atoms with Gasteiger partial charge in [0.25, 0.3) is 5.91 Å². The first-order valence-electron chi connectivity index (χ1n) is 11.3. The van der Waals surface area contributed by atoms with Crippen molar-refractivity contribution in [2.45, 2.75) is 6.42 Å². The largest absolute Gasteiger partial charge is 0.497 e. The number of primary amides is 1. The van der Waals surface area contributed by atoms with Crippen molar-refractivity contribution in [2.24, 2.45) is 5.73 Å².